The number of aliphatic hydroxyl groups is 1. The summed E-state index contributed by atoms with van der Waals surface area (Å²) in [6.07, 6.45) is 0. The molecule has 0 aliphatic heterocycles. The van der Waals surface area contributed by atoms with Gasteiger partial charge in [-0.3, -0.25) is 0 Å². The first-order valence-corrected chi connectivity index (χ1v) is 6.45. The first kappa shape index (κ1) is 14.2. The molecule has 0 bridgehead atoms. The molecule has 0 aromatic carbocycles. The van der Waals surface area contributed by atoms with E-state index >= 15 is 0 Å². The zero-order valence-corrected chi connectivity index (χ0v) is 11.5. The first-order chi connectivity index (χ1) is 8.11. The second kappa shape index (κ2) is 7.46. The minimum absolute atomic E-state index is 0.0734. The lowest BCUT2D eigenvalue weighted by atomic mass is 10.4. The van der Waals surface area contributed by atoms with Gasteiger partial charge < -0.3 is 14.9 Å². The number of rotatable bonds is 5. The highest BCUT2D eigenvalue weighted by atomic mass is 32.1. The predicted octanol–water partition coefficient (Wildman–Crippen LogP) is 1.09. The summed E-state index contributed by atoms with van der Waals surface area (Å²) in [6.45, 7) is 3.01. The smallest absolute Gasteiger partial charge is 0.104 e. The lowest BCUT2D eigenvalue weighted by molar-refractivity contribution is 0.278. The van der Waals surface area contributed by atoms with Gasteiger partial charge in [0, 0.05) is 24.5 Å². The molecule has 0 fully saturated rings. The lowest BCUT2D eigenvalue weighted by Gasteiger charge is -2.18. The van der Waals surface area contributed by atoms with E-state index in [-0.39, 0.29) is 6.61 Å². The molecule has 94 valence electrons. The number of likely N-dealkylation sites (N-methyl/N-ethyl adjacent to an activating group) is 2. The Balaban J connectivity index is 2.43. The number of hydrogen-bond acceptors (Lipinski definition) is 4. The van der Waals surface area contributed by atoms with E-state index < -0.39 is 0 Å². The van der Waals surface area contributed by atoms with Crippen LogP contribution < -0.4 is 0 Å². The SMILES string of the molecule is CN(C)CCN(C)Cc1ccc(C#CCO)s1. The maximum atomic E-state index is 8.62. The predicted molar refractivity (Wildman–Crippen MR) is 73.2 cm³/mol. The molecule has 0 radical (unpaired) electrons. The average molecular weight is 252 g/mol. The fourth-order valence-corrected chi connectivity index (χ4v) is 2.34. The van der Waals surface area contributed by atoms with Crippen LogP contribution in [0.4, 0.5) is 0 Å². The Kier molecular flexibility index (Phi) is 6.23. The van der Waals surface area contributed by atoms with Crippen LogP contribution in [-0.2, 0) is 6.54 Å². The Morgan fingerprint density at radius 2 is 2.00 bits per heavy atom. The minimum atomic E-state index is -0.0734. The molecule has 1 rings (SSSR count). The molecular formula is C13H20N2OS. The van der Waals surface area contributed by atoms with Crippen LogP contribution in [-0.4, -0.2) is 55.7 Å². The maximum absolute atomic E-state index is 8.62. The molecular weight excluding hydrogens is 232 g/mol. The van der Waals surface area contributed by atoms with Crippen molar-refractivity contribution in [1.29, 1.82) is 0 Å². The highest BCUT2D eigenvalue weighted by Gasteiger charge is 2.03. The molecule has 0 unspecified atom stereocenters. The van der Waals surface area contributed by atoms with E-state index in [1.165, 1.54) is 4.88 Å². The van der Waals surface area contributed by atoms with Gasteiger partial charge in [0.25, 0.3) is 0 Å². The fourth-order valence-electron chi connectivity index (χ4n) is 1.37. The van der Waals surface area contributed by atoms with Crippen LogP contribution in [0.25, 0.3) is 0 Å². The molecule has 0 atom stereocenters. The summed E-state index contributed by atoms with van der Waals surface area (Å²) in [7, 11) is 6.30. The highest BCUT2D eigenvalue weighted by Crippen LogP contribution is 2.16. The van der Waals surface area contributed by atoms with E-state index in [0.29, 0.717) is 0 Å². The van der Waals surface area contributed by atoms with Crippen molar-refractivity contribution < 1.29 is 5.11 Å². The number of thiophene rings is 1. The van der Waals surface area contributed by atoms with Crippen molar-refractivity contribution in [1.82, 2.24) is 9.80 Å². The highest BCUT2D eigenvalue weighted by molar-refractivity contribution is 7.12. The van der Waals surface area contributed by atoms with Crippen molar-refractivity contribution in [2.45, 2.75) is 6.54 Å². The third-order valence-electron chi connectivity index (χ3n) is 2.31. The maximum Gasteiger partial charge on any atom is 0.104 e. The second-order valence-corrected chi connectivity index (χ2v) is 5.44. The summed E-state index contributed by atoms with van der Waals surface area (Å²) in [5.74, 6) is 5.60. The molecule has 17 heavy (non-hydrogen) atoms. The largest absolute Gasteiger partial charge is 0.384 e. The standard InChI is InChI=1S/C13H20N2OS/c1-14(2)8-9-15(3)11-13-7-6-12(17-13)5-4-10-16/h6-7,16H,8-11H2,1-3H3. The molecule has 1 N–H and O–H groups in total. The van der Waals surface area contributed by atoms with Gasteiger partial charge >= 0.3 is 0 Å². The number of aliphatic hydroxyl groups excluding tert-OH is 1. The van der Waals surface area contributed by atoms with Crippen molar-refractivity contribution in [3.05, 3.63) is 21.9 Å². The van der Waals surface area contributed by atoms with Gasteiger partial charge in [0.05, 0.1) is 4.88 Å². The van der Waals surface area contributed by atoms with Crippen molar-refractivity contribution >= 4 is 11.3 Å². The Morgan fingerprint density at radius 3 is 2.65 bits per heavy atom. The Bertz CT molecular complexity index is 390. The third-order valence-corrected chi connectivity index (χ3v) is 3.29. The molecule has 0 aliphatic carbocycles. The second-order valence-electron chi connectivity index (χ2n) is 4.27. The van der Waals surface area contributed by atoms with Crippen LogP contribution in [0, 0.1) is 11.8 Å². The summed E-state index contributed by atoms with van der Waals surface area (Å²) >= 11 is 1.70. The Hall–Kier alpha value is -0.860. The molecule has 1 aromatic rings. The molecule has 0 saturated carbocycles. The van der Waals surface area contributed by atoms with Crippen LogP contribution in [0.5, 0.6) is 0 Å². The minimum Gasteiger partial charge on any atom is -0.384 e. The van der Waals surface area contributed by atoms with E-state index in [1.54, 1.807) is 11.3 Å². The molecule has 0 saturated heterocycles. The van der Waals surface area contributed by atoms with Crippen LogP contribution in [0.3, 0.4) is 0 Å². The van der Waals surface area contributed by atoms with Gasteiger partial charge in [-0.05, 0) is 33.3 Å². The molecule has 0 spiro atoms. The summed E-state index contributed by atoms with van der Waals surface area (Å²) in [5, 5.41) is 8.62. The van der Waals surface area contributed by atoms with Crippen molar-refractivity contribution in [2.24, 2.45) is 0 Å². The van der Waals surface area contributed by atoms with Gasteiger partial charge in [0.2, 0.25) is 0 Å². The van der Waals surface area contributed by atoms with E-state index in [2.05, 4.69) is 48.9 Å². The number of nitrogens with zero attached hydrogens (tertiary/aromatic N) is 2. The first-order valence-electron chi connectivity index (χ1n) is 5.63. The molecule has 0 amide bonds. The molecule has 1 heterocycles. The quantitative estimate of drug-likeness (QED) is 0.795. The van der Waals surface area contributed by atoms with E-state index in [4.69, 9.17) is 5.11 Å². The monoisotopic (exact) mass is 252 g/mol. The van der Waals surface area contributed by atoms with Gasteiger partial charge in [-0.25, -0.2) is 0 Å². The van der Waals surface area contributed by atoms with E-state index in [0.717, 1.165) is 24.5 Å². The summed E-state index contributed by atoms with van der Waals surface area (Å²) < 4.78 is 0. The molecule has 1 aromatic heterocycles. The normalized spacial score (nSPS) is 10.7. The van der Waals surface area contributed by atoms with Crippen LogP contribution in [0.2, 0.25) is 0 Å². The van der Waals surface area contributed by atoms with Gasteiger partial charge in [0.15, 0.2) is 0 Å². The molecule has 4 heteroatoms. The third kappa shape index (κ3) is 5.85. The lowest BCUT2D eigenvalue weighted by Crippen LogP contribution is -2.28. The van der Waals surface area contributed by atoms with E-state index in [1.807, 2.05) is 6.07 Å². The zero-order valence-electron chi connectivity index (χ0n) is 10.7. The van der Waals surface area contributed by atoms with Gasteiger partial charge in [-0.2, -0.15) is 0 Å². The summed E-state index contributed by atoms with van der Waals surface area (Å²) in [6, 6.07) is 4.13. The summed E-state index contributed by atoms with van der Waals surface area (Å²) in [4.78, 5) is 6.82. The summed E-state index contributed by atoms with van der Waals surface area (Å²) in [5.41, 5.74) is 0. The molecule has 0 aliphatic rings. The van der Waals surface area contributed by atoms with Gasteiger partial charge in [-0.15, -0.1) is 11.3 Å². The van der Waals surface area contributed by atoms with Gasteiger partial charge in [0.1, 0.15) is 6.61 Å². The van der Waals surface area contributed by atoms with E-state index in [9.17, 15) is 0 Å². The van der Waals surface area contributed by atoms with Crippen LogP contribution >= 0.6 is 11.3 Å². The van der Waals surface area contributed by atoms with Crippen molar-refractivity contribution in [3.63, 3.8) is 0 Å². The van der Waals surface area contributed by atoms with Gasteiger partial charge in [-0.1, -0.05) is 11.8 Å². The zero-order chi connectivity index (χ0) is 12.7. The fraction of sp³-hybridized carbons (Fsp3) is 0.538. The van der Waals surface area contributed by atoms with Crippen LogP contribution in [0.1, 0.15) is 9.75 Å². The number of hydrogen-bond donors (Lipinski definition) is 1. The Morgan fingerprint density at radius 1 is 1.24 bits per heavy atom. The van der Waals surface area contributed by atoms with Crippen LogP contribution in [0.15, 0.2) is 12.1 Å². The van der Waals surface area contributed by atoms with Crippen molar-refractivity contribution in [2.75, 3.05) is 40.8 Å². The average Bonchev–Trinajstić information content (AvgIpc) is 2.71. The topological polar surface area (TPSA) is 26.7 Å². The Labute approximate surface area is 108 Å². The molecule has 3 nitrogen and oxygen atoms in total. The van der Waals surface area contributed by atoms with Crippen molar-refractivity contribution in [3.8, 4) is 11.8 Å².